The van der Waals surface area contributed by atoms with Gasteiger partial charge in [0.15, 0.2) is 0 Å². The zero-order valence-corrected chi connectivity index (χ0v) is 12.0. The molecule has 0 unspecified atom stereocenters. The van der Waals surface area contributed by atoms with Gasteiger partial charge in [-0.25, -0.2) is 4.79 Å². The van der Waals surface area contributed by atoms with Crippen molar-refractivity contribution in [1.82, 2.24) is 5.32 Å². The predicted molar refractivity (Wildman–Crippen MR) is 72.3 cm³/mol. The van der Waals surface area contributed by atoms with Crippen molar-refractivity contribution in [3.8, 4) is 0 Å². The third-order valence-electron chi connectivity index (χ3n) is 2.57. The Morgan fingerprint density at radius 3 is 2.50 bits per heavy atom. The first-order valence-corrected chi connectivity index (χ1v) is 6.40. The number of hydrogen-bond acceptors (Lipinski definition) is 2. The summed E-state index contributed by atoms with van der Waals surface area (Å²) in [5.74, 6) is -1.31. The molecule has 0 saturated carbocycles. The van der Waals surface area contributed by atoms with Crippen LogP contribution in [0.2, 0.25) is 0 Å². The zero-order chi connectivity index (χ0) is 13.8. The normalized spacial score (nSPS) is 11.1. The van der Waals surface area contributed by atoms with Gasteiger partial charge >= 0.3 is 5.97 Å². The molecular formula is C13H16BrNO3. The van der Waals surface area contributed by atoms with Gasteiger partial charge in [0.05, 0.1) is 0 Å². The van der Waals surface area contributed by atoms with Gasteiger partial charge < -0.3 is 10.4 Å². The van der Waals surface area contributed by atoms with Gasteiger partial charge in [0, 0.05) is 10.9 Å². The second-order valence-electron chi connectivity index (χ2n) is 4.57. The van der Waals surface area contributed by atoms with E-state index < -0.39 is 11.5 Å². The fourth-order valence-corrected chi connectivity index (χ4v) is 1.90. The van der Waals surface area contributed by atoms with Gasteiger partial charge in [-0.1, -0.05) is 34.1 Å². The highest BCUT2D eigenvalue weighted by Gasteiger charge is 2.28. The number of halogens is 1. The number of carbonyl (C=O) groups excluding carboxylic acids is 1. The van der Waals surface area contributed by atoms with Crippen LogP contribution < -0.4 is 5.32 Å². The lowest BCUT2D eigenvalue weighted by Gasteiger charge is -2.20. The van der Waals surface area contributed by atoms with Crippen LogP contribution in [0, 0.1) is 0 Å². The van der Waals surface area contributed by atoms with E-state index in [1.54, 1.807) is 0 Å². The largest absolute Gasteiger partial charge is 0.480 e. The molecule has 5 heteroatoms. The fraction of sp³-hybridized carbons (Fsp3) is 0.385. The van der Waals surface area contributed by atoms with E-state index in [9.17, 15) is 9.59 Å². The van der Waals surface area contributed by atoms with Gasteiger partial charge in [0.2, 0.25) is 5.91 Å². The second-order valence-corrected chi connectivity index (χ2v) is 5.42. The molecule has 4 nitrogen and oxygen atoms in total. The van der Waals surface area contributed by atoms with Crippen LogP contribution in [0.25, 0.3) is 0 Å². The molecule has 1 aromatic carbocycles. The summed E-state index contributed by atoms with van der Waals surface area (Å²) in [6.07, 6.45) is 0.836. The van der Waals surface area contributed by atoms with Gasteiger partial charge in [-0.2, -0.15) is 0 Å². The van der Waals surface area contributed by atoms with Crippen molar-refractivity contribution < 1.29 is 14.7 Å². The molecule has 0 fully saturated rings. The number of carboxylic acids is 1. The number of carboxylic acid groups (broad SMARTS) is 1. The summed E-state index contributed by atoms with van der Waals surface area (Å²) < 4.78 is 0.954. The van der Waals surface area contributed by atoms with Crippen LogP contribution in [0.4, 0.5) is 0 Å². The lowest BCUT2D eigenvalue weighted by atomic mass is 10.0. The Morgan fingerprint density at radius 1 is 1.33 bits per heavy atom. The van der Waals surface area contributed by atoms with E-state index >= 15 is 0 Å². The minimum Gasteiger partial charge on any atom is -0.480 e. The first-order valence-electron chi connectivity index (χ1n) is 5.61. The molecule has 1 aromatic rings. The standard InChI is InChI=1S/C13H16BrNO3/c1-13(2,12(17)18)15-11(16)8-7-9-5-3-4-6-10(9)14/h3-6H,7-8H2,1-2H3,(H,15,16)(H,17,18). The van der Waals surface area contributed by atoms with Crippen molar-refractivity contribution >= 4 is 27.8 Å². The number of rotatable bonds is 5. The Balaban J connectivity index is 2.53. The van der Waals surface area contributed by atoms with Crippen LogP contribution >= 0.6 is 15.9 Å². The topological polar surface area (TPSA) is 66.4 Å². The molecule has 2 N–H and O–H groups in total. The Bertz CT molecular complexity index is 457. The van der Waals surface area contributed by atoms with E-state index in [4.69, 9.17) is 5.11 Å². The summed E-state index contributed by atoms with van der Waals surface area (Å²) in [7, 11) is 0. The van der Waals surface area contributed by atoms with E-state index in [0.29, 0.717) is 6.42 Å². The van der Waals surface area contributed by atoms with Crippen LogP contribution in [0.15, 0.2) is 28.7 Å². The summed E-state index contributed by atoms with van der Waals surface area (Å²) in [5, 5.41) is 11.4. The van der Waals surface area contributed by atoms with E-state index in [0.717, 1.165) is 10.0 Å². The molecule has 0 spiro atoms. The predicted octanol–water partition coefficient (Wildman–Crippen LogP) is 2.36. The molecule has 1 rings (SSSR count). The average Bonchev–Trinajstić information content (AvgIpc) is 2.27. The number of amides is 1. The minimum absolute atomic E-state index is 0.263. The van der Waals surface area contributed by atoms with E-state index in [2.05, 4.69) is 21.2 Å². The van der Waals surface area contributed by atoms with Gasteiger partial charge in [0.1, 0.15) is 5.54 Å². The van der Waals surface area contributed by atoms with Gasteiger partial charge in [-0.3, -0.25) is 4.79 Å². The number of aliphatic carboxylic acids is 1. The van der Waals surface area contributed by atoms with Crippen molar-refractivity contribution in [1.29, 1.82) is 0 Å². The maximum atomic E-state index is 11.7. The van der Waals surface area contributed by atoms with Crippen molar-refractivity contribution in [2.75, 3.05) is 0 Å². The molecular weight excluding hydrogens is 298 g/mol. The van der Waals surface area contributed by atoms with E-state index in [-0.39, 0.29) is 12.3 Å². The maximum Gasteiger partial charge on any atom is 0.328 e. The van der Waals surface area contributed by atoms with Gasteiger partial charge in [0.25, 0.3) is 0 Å². The fourth-order valence-electron chi connectivity index (χ4n) is 1.41. The van der Waals surface area contributed by atoms with Crippen molar-refractivity contribution in [2.45, 2.75) is 32.2 Å². The number of aryl methyl sites for hydroxylation is 1. The molecule has 0 aliphatic carbocycles. The number of carbonyl (C=O) groups is 2. The Kier molecular flexibility index (Phi) is 4.90. The molecule has 0 aromatic heterocycles. The smallest absolute Gasteiger partial charge is 0.328 e. The molecule has 0 radical (unpaired) electrons. The molecule has 0 bridgehead atoms. The highest BCUT2D eigenvalue weighted by molar-refractivity contribution is 9.10. The summed E-state index contributed by atoms with van der Waals surface area (Å²) >= 11 is 3.41. The summed E-state index contributed by atoms with van der Waals surface area (Å²) in [4.78, 5) is 22.5. The van der Waals surface area contributed by atoms with Gasteiger partial charge in [-0.05, 0) is 31.9 Å². The minimum atomic E-state index is -1.23. The molecule has 18 heavy (non-hydrogen) atoms. The molecule has 0 aliphatic heterocycles. The lowest BCUT2D eigenvalue weighted by Crippen LogP contribution is -2.49. The molecule has 0 heterocycles. The molecule has 0 saturated heterocycles. The second kappa shape index (κ2) is 6.00. The molecule has 0 aliphatic rings. The van der Waals surface area contributed by atoms with Crippen LogP contribution in [0.3, 0.4) is 0 Å². The van der Waals surface area contributed by atoms with Crippen LogP contribution in [-0.2, 0) is 16.0 Å². The number of benzene rings is 1. The monoisotopic (exact) mass is 313 g/mol. The Labute approximate surface area is 115 Å². The quantitative estimate of drug-likeness (QED) is 0.877. The lowest BCUT2D eigenvalue weighted by molar-refractivity contribution is -0.146. The van der Waals surface area contributed by atoms with Crippen molar-refractivity contribution in [3.63, 3.8) is 0 Å². The summed E-state index contributed by atoms with van der Waals surface area (Å²) in [5.41, 5.74) is -0.203. The first-order chi connectivity index (χ1) is 8.33. The molecule has 0 atom stereocenters. The third kappa shape index (κ3) is 4.14. The van der Waals surface area contributed by atoms with E-state index in [1.807, 2.05) is 24.3 Å². The maximum absolute atomic E-state index is 11.7. The Morgan fingerprint density at radius 2 is 1.94 bits per heavy atom. The summed E-state index contributed by atoms with van der Waals surface area (Å²) in [6, 6.07) is 7.65. The Hall–Kier alpha value is -1.36. The van der Waals surface area contributed by atoms with Crippen LogP contribution in [0.1, 0.15) is 25.8 Å². The SMILES string of the molecule is CC(C)(NC(=O)CCc1ccccc1Br)C(=O)O. The highest BCUT2D eigenvalue weighted by atomic mass is 79.9. The average molecular weight is 314 g/mol. The highest BCUT2D eigenvalue weighted by Crippen LogP contribution is 2.17. The van der Waals surface area contributed by atoms with E-state index in [1.165, 1.54) is 13.8 Å². The van der Waals surface area contributed by atoms with Crippen LogP contribution in [0.5, 0.6) is 0 Å². The zero-order valence-electron chi connectivity index (χ0n) is 10.4. The number of hydrogen-bond donors (Lipinski definition) is 2. The number of nitrogens with one attached hydrogen (secondary N) is 1. The summed E-state index contributed by atoms with van der Waals surface area (Å²) in [6.45, 7) is 2.93. The molecule has 98 valence electrons. The first kappa shape index (κ1) is 14.7. The van der Waals surface area contributed by atoms with Gasteiger partial charge in [-0.15, -0.1) is 0 Å². The van der Waals surface area contributed by atoms with Crippen molar-refractivity contribution in [2.24, 2.45) is 0 Å². The van der Waals surface area contributed by atoms with Crippen molar-refractivity contribution in [3.05, 3.63) is 34.3 Å². The third-order valence-corrected chi connectivity index (χ3v) is 3.34. The molecule has 1 amide bonds. The van der Waals surface area contributed by atoms with Crippen LogP contribution in [-0.4, -0.2) is 22.5 Å².